The first-order chi connectivity index (χ1) is 15.3. The predicted molar refractivity (Wildman–Crippen MR) is 121 cm³/mol. The smallest absolute Gasteiger partial charge is 0.170 e. The molecule has 0 saturated heterocycles. The Morgan fingerprint density at radius 2 is 2.00 bits per heavy atom. The Hall–Kier alpha value is -2.57. The minimum atomic E-state index is -0.917. The Morgan fingerprint density at radius 1 is 1.28 bits per heavy atom. The number of rotatable bonds is 7. The number of hydrogen-bond donors (Lipinski definition) is 2. The third-order valence-corrected chi connectivity index (χ3v) is 7.25. The first-order valence-electron chi connectivity index (χ1n) is 11.3. The minimum absolute atomic E-state index is 0.118. The molecule has 1 aliphatic heterocycles. The van der Waals surface area contributed by atoms with Crippen molar-refractivity contribution in [3.63, 3.8) is 0 Å². The van der Waals surface area contributed by atoms with Crippen LogP contribution in [0, 0.1) is 11.8 Å². The number of hydrogen-bond acceptors (Lipinski definition) is 6. The molecule has 0 unspecified atom stereocenters. The fourth-order valence-electron chi connectivity index (χ4n) is 5.46. The number of phenols is 1. The molecule has 2 N–H and O–H groups in total. The molecule has 0 radical (unpaired) electrons. The monoisotopic (exact) mass is 440 g/mol. The fraction of sp³-hybridized carbons (Fsp3) is 0.500. The Morgan fingerprint density at radius 3 is 2.62 bits per heavy atom. The van der Waals surface area contributed by atoms with Crippen molar-refractivity contribution in [2.24, 2.45) is 11.8 Å². The summed E-state index contributed by atoms with van der Waals surface area (Å²) < 4.78 is 12.0. The van der Waals surface area contributed by atoms with Gasteiger partial charge in [-0.15, -0.1) is 0 Å². The van der Waals surface area contributed by atoms with Crippen molar-refractivity contribution in [3.05, 3.63) is 53.1 Å². The summed E-state index contributed by atoms with van der Waals surface area (Å²) in [7, 11) is 1.55. The highest BCUT2D eigenvalue weighted by Crippen LogP contribution is 2.59. The van der Waals surface area contributed by atoms with E-state index in [1.807, 2.05) is 37.3 Å². The number of fused-ring (bicyclic) bond motifs is 3. The number of Topliss-reactive ketones (excluding diaryl/α,β-unsaturated/α-hetero) is 1. The lowest BCUT2D eigenvalue weighted by atomic mass is 9.65. The first kappa shape index (κ1) is 22.6. The van der Waals surface area contributed by atoms with E-state index in [0.29, 0.717) is 30.3 Å². The highest BCUT2D eigenvalue weighted by Gasteiger charge is 2.57. The highest BCUT2D eigenvalue weighted by molar-refractivity contribution is 6.02. The van der Waals surface area contributed by atoms with E-state index in [1.54, 1.807) is 7.11 Å². The van der Waals surface area contributed by atoms with Crippen LogP contribution in [0.3, 0.4) is 0 Å². The summed E-state index contributed by atoms with van der Waals surface area (Å²) >= 11 is 0. The SMILES string of the molecule is COc1cc(O)c(C(=O)CCc2ccccc2)c2c1[C@@H]1[C@@H](C(C)C)CC[C@](C)(OO)[C@@H]1O2. The van der Waals surface area contributed by atoms with E-state index in [9.17, 15) is 15.2 Å². The second-order valence-electron chi connectivity index (χ2n) is 9.54. The second-order valence-corrected chi connectivity index (χ2v) is 9.54. The van der Waals surface area contributed by atoms with Crippen LogP contribution in [-0.2, 0) is 11.3 Å². The van der Waals surface area contributed by atoms with E-state index >= 15 is 0 Å². The van der Waals surface area contributed by atoms with E-state index < -0.39 is 11.7 Å². The fourth-order valence-corrected chi connectivity index (χ4v) is 5.46. The number of phenolic OH excluding ortho intramolecular Hbond substituents is 1. The van der Waals surface area contributed by atoms with Crippen molar-refractivity contribution in [1.29, 1.82) is 0 Å². The van der Waals surface area contributed by atoms with Gasteiger partial charge in [0.1, 0.15) is 34.5 Å². The molecule has 2 aromatic carbocycles. The zero-order chi connectivity index (χ0) is 23.0. The van der Waals surface area contributed by atoms with Gasteiger partial charge >= 0.3 is 0 Å². The third kappa shape index (κ3) is 3.76. The van der Waals surface area contributed by atoms with Crippen LogP contribution in [0.2, 0.25) is 0 Å². The van der Waals surface area contributed by atoms with Crippen LogP contribution in [-0.4, -0.2) is 35.0 Å². The number of carbonyl (C=O) groups excluding carboxylic acids is 1. The molecule has 172 valence electrons. The van der Waals surface area contributed by atoms with Crippen LogP contribution < -0.4 is 9.47 Å². The highest BCUT2D eigenvalue weighted by atomic mass is 17.1. The molecule has 4 atom stereocenters. The maximum atomic E-state index is 13.3. The molecule has 1 heterocycles. The Bertz CT molecular complexity index is 986. The Kier molecular flexibility index (Phi) is 6.19. The molecule has 32 heavy (non-hydrogen) atoms. The molecule has 1 saturated carbocycles. The van der Waals surface area contributed by atoms with Gasteiger partial charge in [0.25, 0.3) is 0 Å². The number of aryl methyl sites for hydroxylation is 1. The molecule has 6 heteroatoms. The van der Waals surface area contributed by atoms with Gasteiger partial charge in [-0.05, 0) is 43.6 Å². The first-order valence-corrected chi connectivity index (χ1v) is 11.3. The van der Waals surface area contributed by atoms with Crippen LogP contribution in [0.4, 0.5) is 0 Å². The quantitative estimate of drug-likeness (QED) is 0.342. The number of ether oxygens (including phenoxy) is 2. The van der Waals surface area contributed by atoms with Gasteiger partial charge in [-0.2, -0.15) is 0 Å². The number of methoxy groups -OCH3 is 1. The summed E-state index contributed by atoms with van der Waals surface area (Å²) in [4.78, 5) is 18.2. The van der Waals surface area contributed by atoms with E-state index in [1.165, 1.54) is 6.07 Å². The molecule has 2 aromatic rings. The van der Waals surface area contributed by atoms with E-state index in [-0.39, 0.29) is 35.4 Å². The Balaban J connectivity index is 1.77. The number of aromatic hydroxyl groups is 1. The van der Waals surface area contributed by atoms with Crippen LogP contribution in [0.25, 0.3) is 0 Å². The third-order valence-electron chi connectivity index (χ3n) is 7.25. The van der Waals surface area contributed by atoms with E-state index in [0.717, 1.165) is 17.5 Å². The maximum absolute atomic E-state index is 13.3. The number of benzene rings is 2. The van der Waals surface area contributed by atoms with Crippen molar-refractivity contribution >= 4 is 5.78 Å². The van der Waals surface area contributed by atoms with Gasteiger partial charge in [-0.3, -0.25) is 10.1 Å². The van der Waals surface area contributed by atoms with Crippen LogP contribution in [0.15, 0.2) is 36.4 Å². The lowest BCUT2D eigenvalue weighted by molar-refractivity contribution is -0.345. The summed E-state index contributed by atoms with van der Waals surface area (Å²) in [6.45, 7) is 6.16. The van der Waals surface area contributed by atoms with Crippen LogP contribution in [0.1, 0.15) is 67.4 Å². The van der Waals surface area contributed by atoms with Gasteiger partial charge in [-0.25, -0.2) is 4.89 Å². The topological polar surface area (TPSA) is 85.2 Å². The van der Waals surface area contributed by atoms with Crippen molar-refractivity contribution in [1.82, 2.24) is 0 Å². The molecule has 0 amide bonds. The molecule has 1 aliphatic carbocycles. The van der Waals surface area contributed by atoms with E-state index in [2.05, 4.69) is 13.8 Å². The number of carbonyl (C=O) groups is 1. The van der Waals surface area contributed by atoms with Gasteiger partial charge in [-0.1, -0.05) is 44.2 Å². The predicted octanol–water partition coefficient (Wildman–Crippen LogP) is 5.38. The molecule has 1 fully saturated rings. The van der Waals surface area contributed by atoms with Crippen molar-refractivity contribution in [2.75, 3.05) is 7.11 Å². The summed E-state index contributed by atoms with van der Waals surface area (Å²) in [5.41, 5.74) is 1.12. The standard InChI is InChI=1S/C26H32O6/c1-15(2)17-12-13-26(3,32-29)25-21(17)23-20(30-4)14-19(28)22(24(23)31-25)18(27)11-10-16-8-6-5-7-9-16/h5-9,14-15,17,21,25,28-29H,10-13H2,1-4H3/t17-,21+,25-,26+/m1/s1. The number of ketones is 1. The Labute approximate surface area is 189 Å². The molecule has 6 nitrogen and oxygen atoms in total. The normalized spacial score (nSPS) is 26.4. The van der Waals surface area contributed by atoms with Gasteiger partial charge in [0.2, 0.25) is 0 Å². The van der Waals surface area contributed by atoms with Crippen molar-refractivity contribution in [2.45, 2.75) is 64.1 Å². The van der Waals surface area contributed by atoms with Gasteiger partial charge in [0.05, 0.1) is 7.11 Å². The molecule has 2 aliphatic rings. The average Bonchev–Trinajstić information content (AvgIpc) is 3.19. The summed E-state index contributed by atoms with van der Waals surface area (Å²) in [5, 5.41) is 20.5. The lowest BCUT2D eigenvalue weighted by Crippen LogP contribution is -2.52. The summed E-state index contributed by atoms with van der Waals surface area (Å²) in [5.74, 6) is 1.03. The average molecular weight is 441 g/mol. The minimum Gasteiger partial charge on any atom is -0.507 e. The zero-order valence-electron chi connectivity index (χ0n) is 19.1. The van der Waals surface area contributed by atoms with Gasteiger partial charge in [0, 0.05) is 24.0 Å². The lowest BCUT2D eigenvalue weighted by Gasteiger charge is -2.44. The molecule has 0 spiro atoms. The van der Waals surface area contributed by atoms with Crippen molar-refractivity contribution < 1.29 is 29.5 Å². The van der Waals surface area contributed by atoms with Crippen molar-refractivity contribution in [3.8, 4) is 17.2 Å². The van der Waals surface area contributed by atoms with Crippen LogP contribution >= 0.6 is 0 Å². The summed E-state index contributed by atoms with van der Waals surface area (Å²) in [6, 6.07) is 11.3. The molecular formula is C26H32O6. The van der Waals surface area contributed by atoms with Gasteiger partial charge in [0.15, 0.2) is 5.78 Å². The zero-order valence-corrected chi connectivity index (χ0v) is 19.1. The second kappa shape index (κ2) is 8.75. The molecular weight excluding hydrogens is 408 g/mol. The van der Waals surface area contributed by atoms with Gasteiger partial charge < -0.3 is 14.6 Å². The van der Waals surface area contributed by atoms with E-state index in [4.69, 9.17) is 14.4 Å². The summed E-state index contributed by atoms with van der Waals surface area (Å²) in [6.07, 6.45) is 1.81. The molecule has 0 aromatic heterocycles. The molecule has 4 rings (SSSR count). The largest absolute Gasteiger partial charge is 0.507 e. The molecule has 0 bridgehead atoms. The maximum Gasteiger partial charge on any atom is 0.170 e. The van der Waals surface area contributed by atoms with Crippen LogP contribution in [0.5, 0.6) is 17.2 Å².